The zero-order chi connectivity index (χ0) is 14.5. The number of carbonyl (C=O) groups is 2. The number of carbonyl (C=O) groups excluding carboxylic acids is 1. The Balaban J connectivity index is 1.95. The number of carboxylic acid groups (broad SMARTS) is 1. The number of aliphatic hydroxyl groups excluding tert-OH is 1. The van der Waals surface area contributed by atoms with E-state index in [4.69, 9.17) is 9.84 Å². The lowest BCUT2D eigenvalue weighted by atomic mass is 10.0. The van der Waals surface area contributed by atoms with Crippen LogP contribution in [0.25, 0.3) is 0 Å². The number of hydrogen-bond acceptors (Lipinski definition) is 4. The van der Waals surface area contributed by atoms with Gasteiger partial charge in [-0.2, -0.15) is 0 Å². The zero-order valence-electron chi connectivity index (χ0n) is 10.9. The molecule has 1 heterocycles. The molecule has 1 aliphatic heterocycles. The van der Waals surface area contributed by atoms with Crippen LogP contribution in [-0.4, -0.2) is 45.9 Å². The van der Waals surface area contributed by atoms with E-state index < -0.39 is 24.2 Å². The van der Waals surface area contributed by atoms with Gasteiger partial charge in [0.1, 0.15) is 12.6 Å². The van der Waals surface area contributed by atoms with Crippen molar-refractivity contribution in [2.75, 3.05) is 6.54 Å². The Morgan fingerprint density at radius 1 is 1.30 bits per heavy atom. The van der Waals surface area contributed by atoms with Crippen LogP contribution in [0.5, 0.6) is 0 Å². The van der Waals surface area contributed by atoms with E-state index in [1.54, 1.807) is 0 Å². The third-order valence-electron chi connectivity index (χ3n) is 3.30. The molecule has 1 saturated heterocycles. The first-order valence-electron chi connectivity index (χ1n) is 6.46. The van der Waals surface area contributed by atoms with E-state index in [9.17, 15) is 14.7 Å². The molecule has 2 atom stereocenters. The van der Waals surface area contributed by atoms with Gasteiger partial charge in [0.15, 0.2) is 0 Å². The number of piperidine rings is 1. The molecule has 0 bridgehead atoms. The van der Waals surface area contributed by atoms with Crippen molar-refractivity contribution in [2.24, 2.45) is 0 Å². The van der Waals surface area contributed by atoms with E-state index in [-0.39, 0.29) is 19.6 Å². The summed E-state index contributed by atoms with van der Waals surface area (Å²) >= 11 is 0. The lowest BCUT2D eigenvalue weighted by Gasteiger charge is -2.34. The van der Waals surface area contributed by atoms with E-state index in [0.29, 0.717) is 6.42 Å². The van der Waals surface area contributed by atoms with Crippen molar-refractivity contribution in [3.8, 4) is 0 Å². The van der Waals surface area contributed by atoms with Crippen LogP contribution in [0, 0.1) is 0 Å². The molecule has 0 aliphatic carbocycles. The second-order valence-electron chi connectivity index (χ2n) is 4.77. The highest BCUT2D eigenvalue weighted by Crippen LogP contribution is 2.19. The quantitative estimate of drug-likeness (QED) is 0.869. The SMILES string of the molecule is O=C(O)[C@@H]1C[C@@H](O)CCN1C(=O)OCc1ccccc1. The molecule has 2 rings (SSSR count). The molecular formula is C14H17NO5. The molecule has 108 valence electrons. The maximum absolute atomic E-state index is 12.0. The summed E-state index contributed by atoms with van der Waals surface area (Å²) in [6.07, 6.45) is -0.942. The van der Waals surface area contributed by atoms with Gasteiger partial charge in [0.25, 0.3) is 0 Å². The number of amides is 1. The fourth-order valence-corrected chi connectivity index (χ4v) is 2.20. The molecule has 6 heteroatoms. The Morgan fingerprint density at radius 3 is 2.65 bits per heavy atom. The van der Waals surface area contributed by atoms with Crippen molar-refractivity contribution >= 4 is 12.1 Å². The van der Waals surface area contributed by atoms with Crippen LogP contribution in [-0.2, 0) is 16.1 Å². The Morgan fingerprint density at radius 2 is 2.00 bits per heavy atom. The fraction of sp³-hybridized carbons (Fsp3) is 0.429. The minimum absolute atomic E-state index is 0.0375. The summed E-state index contributed by atoms with van der Waals surface area (Å²) in [5, 5.41) is 18.6. The summed E-state index contributed by atoms with van der Waals surface area (Å²) in [5.74, 6) is -1.12. The van der Waals surface area contributed by atoms with Crippen molar-refractivity contribution < 1.29 is 24.5 Å². The number of aliphatic carboxylic acids is 1. The van der Waals surface area contributed by atoms with Crippen molar-refractivity contribution in [1.29, 1.82) is 0 Å². The van der Waals surface area contributed by atoms with Crippen molar-refractivity contribution in [1.82, 2.24) is 4.90 Å². The van der Waals surface area contributed by atoms with Crippen LogP contribution in [0.1, 0.15) is 18.4 Å². The third kappa shape index (κ3) is 3.48. The Kier molecular flexibility index (Phi) is 4.57. The monoisotopic (exact) mass is 279 g/mol. The van der Waals surface area contributed by atoms with E-state index >= 15 is 0 Å². The number of ether oxygens (including phenoxy) is 1. The average molecular weight is 279 g/mol. The normalized spacial score (nSPS) is 22.4. The van der Waals surface area contributed by atoms with Crippen molar-refractivity contribution in [3.05, 3.63) is 35.9 Å². The molecule has 0 spiro atoms. The van der Waals surface area contributed by atoms with Crippen LogP contribution in [0.3, 0.4) is 0 Å². The van der Waals surface area contributed by atoms with Crippen LogP contribution < -0.4 is 0 Å². The van der Waals surface area contributed by atoms with Gasteiger partial charge in [-0.25, -0.2) is 9.59 Å². The molecule has 1 fully saturated rings. The van der Waals surface area contributed by atoms with Gasteiger partial charge in [-0.1, -0.05) is 30.3 Å². The fourth-order valence-electron chi connectivity index (χ4n) is 2.20. The van der Waals surface area contributed by atoms with Gasteiger partial charge in [0.05, 0.1) is 6.10 Å². The summed E-state index contributed by atoms with van der Waals surface area (Å²) in [6.45, 7) is 0.289. The molecule has 1 aromatic carbocycles. The largest absolute Gasteiger partial charge is 0.480 e. The summed E-state index contributed by atoms with van der Waals surface area (Å²) in [5.41, 5.74) is 0.838. The second-order valence-corrected chi connectivity index (χ2v) is 4.77. The van der Waals surface area contributed by atoms with Gasteiger partial charge < -0.3 is 14.9 Å². The second kappa shape index (κ2) is 6.38. The number of aliphatic hydroxyl groups is 1. The molecule has 20 heavy (non-hydrogen) atoms. The number of rotatable bonds is 3. The maximum Gasteiger partial charge on any atom is 0.410 e. The Labute approximate surface area is 116 Å². The highest BCUT2D eigenvalue weighted by atomic mass is 16.6. The van der Waals surface area contributed by atoms with Gasteiger partial charge in [0.2, 0.25) is 0 Å². The molecule has 0 radical (unpaired) electrons. The number of hydrogen-bond donors (Lipinski definition) is 2. The molecule has 1 aromatic rings. The Hall–Kier alpha value is -2.08. The van der Waals surface area contributed by atoms with Crippen LogP contribution in [0.2, 0.25) is 0 Å². The predicted octanol–water partition coefficient (Wildman–Crippen LogP) is 1.23. The van der Waals surface area contributed by atoms with E-state index in [2.05, 4.69) is 0 Å². The summed E-state index contributed by atoms with van der Waals surface area (Å²) in [6, 6.07) is 8.14. The lowest BCUT2D eigenvalue weighted by Crippen LogP contribution is -2.51. The van der Waals surface area contributed by atoms with Crippen molar-refractivity contribution in [3.63, 3.8) is 0 Å². The van der Waals surface area contributed by atoms with E-state index in [1.165, 1.54) is 0 Å². The molecule has 0 saturated carbocycles. The number of likely N-dealkylation sites (tertiary alicyclic amines) is 1. The number of nitrogens with zero attached hydrogens (tertiary/aromatic N) is 1. The molecular weight excluding hydrogens is 262 g/mol. The molecule has 0 aromatic heterocycles. The topological polar surface area (TPSA) is 87.1 Å². The van der Waals surface area contributed by atoms with Gasteiger partial charge >= 0.3 is 12.1 Å². The van der Waals surface area contributed by atoms with Gasteiger partial charge in [-0.05, 0) is 12.0 Å². The van der Waals surface area contributed by atoms with Gasteiger partial charge in [0, 0.05) is 13.0 Å². The first kappa shape index (κ1) is 14.3. The van der Waals surface area contributed by atoms with Crippen molar-refractivity contribution in [2.45, 2.75) is 31.6 Å². The zero-order valence-corrected chi connectivity index (χ0v) is 10.9. The van der Waals surface area contributed by atoms with E-state index in [1.807, 2.05) is 30.3 Å². The maximum atomic E-state index is 12.0. The predicted molar refractivity (Wildman–Crippen MR) is 70.0 cm³/mol. The highest BCUT2D eigenvalue weighted by Gasteiger charge is 2.36. The number of carboxylic acids is 1. The highest BCUT2D eigenvalue weighted by molar-refractivity contribution is 5.80. The van der Waals surface area contributed by atoms with Crippen LogP contribution in [0.4, 0.5) is 4.79 Å². The first-order valence-corrected chi connectivity index (χ1v) is 6.46. The standard InChI is InChI=1S/C14H17NO5/c16-11-6-7-15(12(8-11)13(17)18)14(19)20-9-10-4-2-1-3-5-10/h1-5,11-12,16H,6-9H2,(H,17,18)/t11-,12-/m0/s1. The smallest absolute Gasteiger partial charge is 0.410 e. The molecule has 1 aliphatic rings. The summed E-state index contributed by atoms with van der Waals surface area (Å²) < 4.78 is 5.13. The molecule has 2 N–H and O–H groups in total. The van der Waals surface area contributed by atoms with Gasteiger partial charge in [-0.15, -0.1) is 0 Å². The van der Waals surface area contributed by atoms with Crippen LogP contribution in [0.15, 0.2) is 30.3 Å². The minimum atomic E-state index is -1.12. The summed E-state index contributed by atoms with van der Waals surface area (Å²) in [4.78, 5) is 24.2. The summed E-state index contributed by atoms with van der Waals surface area (Å²) in [7, 11) is 0. The van der Waals surface area contributed by atoms with E-state index in [0.717, 1.165) is 10.5 Å². The molecule has 1 amide bonds. The molecule has 0 unspecified atom stereocenters. The average Bonchev–Trinajstić information content (AvgIpc) is 2.45. The first-order chi connectivity index (χ1) is 9.58. The Bertz CT molecular complexity index is 476. The third-order valence-corrected chi connectivity index (χ3v) is 3.30. The number of benzene rings is 1. The molecule has 6 nitrogen and oxygen atoms in total. The lowest BCUT2D eigenvalue weighted by molar-refractivity contribution is -0.145. The van der Waals surface area contributed by atoms with Crippen LogP contribution >= 0.6 is 0 Å². The van der Waals surface area contributed by atoms with Gasteiger partial charge in [-0.3, -0.25) is 4.90 Å². The minimum Gasteiger partial charge on any atom is -0.480 e.